The maximum Gasteiger partial charge on any atom is 0.200 e. The zero-order valence-corrected chi connectivity index (χ0v) is 13.3. The summed E-state index contributed by atoms with van der Waals surface area (Å²) in [6.45, 7) is 5.32. The number of phenols is 4. The third-order valence-electron chi connectivity index (χ3n) is 3.94. The molecule has 0 radical (unpaired) electrons. The fourth-order valence-electron chi connectivity index (χ4n) is 2.60. The van der Waals surface area contributed by atoms with Crippen molar-refractivity contribution in [2.24, 2.45) is 0 Å². The second-order valence-electron chi connectivity index (χ2n) is 5.62. The van der Waals surface area contributed by atoms with E-state index in [0.29, 0.717) is 27.8 Å². The minimum absolute atomic E-state index is 0.0777. The average molecular weight is 337 g/mol. The number of hydrogen-bond donors (Lipinski definition) is 4. The molecule has 1 heterocycles. The van der Waals surface area contributed by atoms with E-state index < -0.39 is 17.2 Å². The van der Waals surface area contributed by atoms with E-state index in [1.807, 2.05) is 0 Å². The summed E-state index contributed by atoms with van der Waals surface area (Å²) in [7, 11) is 0. The van der Waals surface area contributed by atoms with Crippen LogP contribution in [-0.2, 0) is 0 Å². The average Bonchev–Trinajstić information content (AvgIpc) is 2.58. The number of aromatic nitrogens is 1. The van der Waals surface area contributed by atoms with Crippen LogP contribution >= 0.6 is 0 Å². The fourth-order valence-corrected chi connectivity index (χ4v) is 2.60. The van der Waals surface area contributed by atoms with E-state index >= 15 is 0 Å². The maximum absolute atomic E-state index is 11.7. The van der Waals surface area contributed by atoms with Crippen LogP contribution in [0.3, 0.4) is 0 Å². The first-order valence-corrected chi connectivity index (χ1v) is 7.38. The van der Waals surface area contributed by atoms with E-state index in [2.05, 4.69) is 11.6 Å². The predicted molar refractivity (Wildman–Crippen MR) is 93.0 cm³/mol. The smallest absolute Gasteiger partial charge is 0.200 e. The molecule has 0 fully saturated rings. The Morgan fingerprint density at radius 3 is 2.20 bits per heavy atom. The summed E-state index contributed by atoms with van der Waals surface area (Å²) in [6, 6.07) is 8.70. The SMILES string of the molecule is C=C(c1cc(O)c(O)c(O)c1)c1ccc2c(C(C)=O)ccc(O)c2n1. The molecule has 0 spiro atoms. The highest BCUT2D eigenvalue weighted by molar-refractivity contribution is 6.07. The zero-order chi connectivity index (χ0) is 18.3. The molecule has 0 unspecified atom stereocenters. The fraction of sp³-hybridized carbons (Fsp3) is 0.0526. The van der Waals surface area contributed by atoms with E-state index in [1.54, 1.807) is 12.1 Å². The first-order chi connectivity index (χ1) is 11.8. The van der Waals surface area contributed by atoms with Crippen LogP contribution in [-0.4, -0.2) is 31.2 Å². The van der Waals surface area contributed by atoms with Crippen molar-refractivity contribution in [2.75, 3.05) is 0 Å². The topological polar surface area (TPSA) is 111 Å². The lowest BCUT2D eigenvalue weighted by Crippen LogP contribution is -1.97. The molecule has 1 aromatic heterocycles. The number of carbonyl (C=O) groups excluding carboxylic acids is 1. The minimum Gasteiger partial charge on any atom is -0.506 e. The van der Waals surface area contributed by atoms with Gasteiger partial charge in [-0.05, 0) is 48.9 Å². The summed E-state index contributed by atoms with van der Waals surface area (Å²) < 4.78 is 0. The molecule has 0 saturated heterocycles. The van der Waals surface area contributed by atoms with Crippen molar-refractivity contribution in [3.8, 4) is 23.0 Å². The van der Waals surface area contributed by atoms with Gasteiger partial charge in [-0.15, -0.1) is 0 Å². The summed E-state index contributed by atoms with van der Waals surface area (Å²) in [4.78, 5) is 16.1. The van der Waals surface area contributed by atoms with Gasteiger partial charge in [-0.2, -0.15) is 0 Å². The maximum atomic E-state index is 11.7. The third kappa shape index (κ3) is 2.74. The summed E-state index contributed by atoms with van der Waals surface area (Å²) in [5.74, 6) is -1.82. The number of fused-ring (bicyclic) bond motifs is 1. The van der Waals surface area contributed by atoms with E-state index in [9.17, 15) is 25.2 Å². The van der Waals surface area contributed by atoms with E-state index in [0.717, 1.165) is 0 Å². The molecule has 2 aromatic carbocycles. The highest BCUT2D eigenvalue weighted by Gasteiger charge is 2.15. The number of ketones is 1. The molecule has 0 amide bonds. The molecule has 6 nitrogen and oxygen atoms in total. The van der Waals surface area contributed by atoms with Gasteiger partial charge in [0.25, 0.3) is 0 Å². The molecule has 3 rings (SSSR count). The number of hydrogen-bond acceptors (Lipinski definition) is 6. The molecule has 25 heavy (non-hydrogen) atoms. The Hall–Kier alpha value is -3.54. The number of pyridine rings is 1. The molecule has 3 aromatic rings. The minimum atomic E-state index is -0.619. The van der Waals surface area contributed by atoms with Crippen LogP contribution in [0.1, 0.15) is 28.5 Å². The lowest BCUT2D eigenvalue weighted by molar-refractivity contribution is 0.101. The quantitative estimate of drug-likeness (QED) is 0.431. The Labute approximate surface area is 142 Å². The highest BCUT2D eigenvalue weighted by atomic mass is 16.3. The molecule has 0 aliphatic rings. The van der Waals surface area contributed by atoms with Crippen molar-refractivity contribution in [1.82, 2.24) is 4.98 Å². The third-order valence-corrected chi connectivity index (χ3v) is 3.94. The number of aromatic hydroxyl groups is 4. The van der Waals surface area contributed by atoms with Crippen LogP contribution in [0.15, 0.2) is 43.0 Å². The van der Waals surface area contributed by atoms with Gasteiger partial charge in [-0.3, -0.25) is 4.79 Å². The van der Waals surface area contributed by atoms with Gasteiger partial charge in [0.15, 0.2) is 23.0 Å². The zero-order valence-electron chi connectivity index (χ0n) is 13.3. The van der Waals surface area contributed by atoms with Crippen LogP contribution in [0.2, 0.25) is 0 Å². The Bertz CT molecular complexity index is 1020. The highest BCUT2D eigenvalue weighted by Crippen LogP contribution is 2.38. The van der Waals surface area contributed by atoms with Gasteiger partial charge in [0.05, 0.1) is 5.69 Å². The molecule has 126 valence electrons. The number of benzene rings is 2. The molecular weight excluding hydrogens is 322 g/mol. The first kappa shape index (κ1) is 16.3. The van der Waals surface area contributed by atoms with Gasteiger partial charge in [0.2, 0.25) is 0 Å². The summed E-state index contributed by atoms with van der Waals surface area (Å²) in [5.41, 5.74) is 1.78. The van der Waals surface area contributed by atoms with E-state index in [1.165, 1.54) is 31.2 Å². The molecule has 0 atom stereocenters. The van der Waals surface area contributed by atoms with Crippen LogP contribution < -0.4 is 0 Å². The van der Waals surface area contributed by atoms with Gasteiger partial charge >= 0.3 is 0 Å². The lowest BCUT2D eigenvalue weighted by Gasteiger charge is -2.11. The molecule has 6 heteroatoms. The standard InChI is InChI=1S/C19H15NO5/c1-9(11-7-16(23)19(25)17(24)8-11)14-5-3-13-12(10(2)21)4-6-15(22)18(13)20-14/h3-8,22-25H,1H2,2H3. The first-order valence-electron chi connectivity index (χ1n) is 7.38. The molecule has 0 bridgehead atoms. The second kappa shape index (κ2) is 5.83. The Kier molecular flexibility index (Phi) is 3.81. The Morgan fingerprint density at radius 1 is 0.960 bits per heavy atom. The molecule has 4 N–H and O–H groups in total. The van der Waals surface area contributed by atoms with Crippen molar-refractivity contribution in [2.45, 2.75) is 6.92 Å². The second-order valence-corrected chi connectivity index (χ2v) is 5.62. The number of carbonyl (C=O) groups is 1. The van der Waals surface area contributed by atoms with Gasteiger partial charge in [0.1, 0.15) is 11.3 Å². The van der Waals surface area contributed by atoms with Crippen molar-refractivity contribution < 1.29 is 25.2 Å². The van der Waals surface area contributed by atoms with Gasteiger partial charge in [-0.1, -0.05) is 6.58 Å². The van der Waals surface area contributed by atoms with Crippen molar-refractivity contribution in [3.63, 3.8) is 0 Å². The number of Topliss-reactive ketones (excluding diaryl/α,β-unsaturated/α-hetero) is 1. The van der Waals surface area contributed by atoms with Gasteiger partial charge in [0, 0.05) is 16.5 Å². The van der Waals surface area contributed by atoms with Crippen LogP contribution in [0, 0.1) is 0 Å². The van der Waals surface area contributed by atoms with Gasteiger partial charge in [-0.25, -0.2) is 4.98 Å². The Balaban J connectivity index is 2.15. The van der Waals surface area contributed by atoms with Crippen molar-refractivity contribution in [1.29, 1.82) is 0 Å². The summed E-state index contributed by atoms with van der Waals surface area (Å²) >= 11 is 0. The summed E-state index contributed by atoms with van der Waals surface area (Å²) in [6.07, 6.45) is 0. The molecule has 0 aliphatic carbocycles. The van der Waals surface area contributed by atoms with Crippen molar-refractivity contribution >= 4 is 22.3 Å². The van der Waals surface area contributed by atoms with Gasteiger partial charge < -0.3 is 20.4 Å². The van der Waals surface area contributed by atoms with E-state index in [4.69, 9.17) is 0 Å². The Morgan fingerprint density at radius 2 is 1.60 bits per heavy atom. The predicted octanol–water partition coefficient (Wildman–Crippen LogP) is 3.32. The number of rotatable bonds is 3. The largest absolute Gasteiger partial charge is 0.506 e. The van der Waals surface area contributed by atoms with Crippen LogP contribution in [0.4, 0.5) is 0 Å². The van der Waals surface area contributed by atoms with E-state index in [-0.39, 0.29) is 17.0 Å². The number of nitrogens with zero attached hydrogens (tertiary/aromatic N) is 1. The molecule has 0 aliphatic heterocycles. The van der Waals surface area contributed by atoms with Crippen LogP contribution in [0.25, 0.3) is 16.5 Å². The van der Waals surface area contributed by atoms with Crippen molar-refractivity contribution in [3.05, 3.63) is 59.8 Å². The monoisotopic (exact) mass is 337 g/mol. The normalized spacial score (nSPS) is 10.8. The lowest BCUT2D eigenvalue weighted by atomic mass is 10.00. The molecular formula is C19H15NO5. The number of phenolic OH excluding ortho intramolecular Hbond substituents is 4. The van der Waals surface area contributed by atoms with Crippen LogP contribution in [0.5, 0.6) is 23.0 Å². The molecule has 0 saturated carbocycles. The summed E-state index contributed by atoms with van der Waals surface area (Å²) in [5, 5.41) is 39.3.